The van der Waals surface area contributed by atoms with Crippen LogP contribution in [0.15, 0.2) is 6.20 Å². The van der Waals surface area contributed by atoms with Gasteiger partial charge in [-0.2, -0.15) is 5.10 Å². The molecule has 0 bridgehead atoms. The SMILES string of the molecule is Cc1c(NC(=O)[C@@H]2[C@H](C(=O)O)C2(C)C)cnn1C1CCCC1. The van der Waals surface area contributed by atoms with Crippen molar-refractivity contribution in [1.29, 1.82) is 0 Å². The Labute approximate surface area is 129 Å². The first-order valence-electron chi connectivity index (χ1n) is 7.92. The van der Waals surface area contributed by atoms with Crippen molar-refractivity contribution in [2.24, 2.45) is 17.3 Å². The first-order chi connectivity index (χ1) is 10.3. The van der Waals surface area contributed by atoms with E-state index < -0.39 is 23.2 Å². The van der Waals surface area contributed by atoms with Crippen LogP contribution in [0.25, 0.3) is 0 Å². The van der Waals surface area contributed by atoms with Crippen LogP contribution in [-0.4, -0.2) is 26.8 Å². The maximum atomic E-state index is 12.4. The molecule has 22 heavy (non-hydrogen) atoms. The number of anilines is 1. The number of carboxylic acid groups (broad SMARTS) is 1. The van der Waals surface area contributed by atoms with Crippen LogP contribution in [0.4, 0.5) is 5.69 Å². The molecule has 0 aliphatic heterocycles. The lowest BCUT2D eigenvalue weighted by molar-refractivity contribution is -0.140. The van der Waals surface area contributed by atoms with E-state index in [9.17, 15) is 14.7 Å². The van der Waals surface area contributed by atoms with Gasteiger partial charge in [-0.3, -0.25) is 14.3 Å². The maximum absolute atomic E-state index is 12.4. The molecule has 2 N–H and O–H groups in total. The molecule has 6 nitrogen and oxygen atoms in total. The van der Waals surface area contributed by atoms with Crippen molar-refractivity contribution in [3.05, 3.63) is 11.9 Å². The number of carbonyl (C=O) groups is 2. The number of amides is 1. The summed E-state index contributed by atoms with van der Waals surface area (Å²) in [5, 5.41) is 16.5. The number of hydrogen-bond donors (Lipinski definition) is 2. The third-order valence-corrected chi connectivity index (χ3v) is 5.35. The summed E-state index contributed by atoms with van der Waals surface area (Å²) in [6.07, 6.45) is 6.39. The number of nitrogens with one attached hydrogen (secondary N) is 1. The minimum absolute atomic E-state index is 0.216. The molecular formula is C16H23N3O3. The molecule has 120 valence electrons. The van der Waals surface area contributed by atoms with Crippen LogP contribution < -0.4 is 5.32 Å². The Kier molecular flexibility index (Phi) is 3.50. The van der Waals surface area contributed by atoms with E-state index in [2.05, 4.69) is 10.4 Å². The molecule has 2 saturated carbocycles. The first-order valence-corrected chi connectivity index (χ1v) is 7.92. The molecule has 0 aromatic carbocycles. The van der Waals surface area contributed by atoms with Crippen LogP contribution in [0.5, 0.6) is 0 Å². The summed E-state index contributed by atoms with van der Waals surface area (Å²) in [5.41, 5.74) is 1.17. The summed E-state index contributed by atoms with van der Waals surface area (Å²) in [6, 6.07) is 0.426. The molecule has 2 atom stereocenters. The van der Waals surface area contributed by atoms with E-state index in [1.807, 2.05) is 25.5 Å². The van der Waals surface area contributed by atoms with Crippen molar-refractivity contribution in [3.8, 4) is 0 Å². The van der Waals surface area contributed by atoms with Gasteiger partial charge >= 0.3 is 5.97 Å². The van der Waals surface area contributed by atoms with Crippen LogP contribution in [0.3, 0.4) is 0 Å². The number of carboxylic acids is 1. The second-order valence-electron chi connectivity index (χ2n) is 7.13. The van der Waals surface area contributed by atoms with Crippen molar-refractivity contribution in [2.45, 2.75) is 52.5 Å². The largest absolute Gasteiger partial charge is 0.481 e. The number of nitrogens with zero attached hydrogens (tertiary/aromatic N) is 2. The number of rotatable bonds is 4. The average Bonchev–Trinajstić information content (AvgIpc) is 2.83. The number of carbonyl (C=O) groups excluding carboxylic acids is 1. The zero-order valence-electron chi connectivity index (χ0n) is 13.3. The van der Waals surface area contributed by atoms with Gasteiger partial charge in [0.1, 0.15) is 0 Å². The molecule has 0 radical (unpaired) electrons. The Morgan fingerprint density at radius 2 is 1.95 bits per heavy atom. The van der Waals surface area contributed by atoms with Gasteiger partial charge in [-0.15, -0.1) is 0 Å². The van der Waals surface area contributed by atoms with Crippen LogP contribution in [0.1, 0.15) is 51.3 Å². The van der Waals surface area contributed by atoms with E-state index in [4.69, 9.17) is 0 Å². The van der Waals surface area contributed by atoms with Gasteiger partial charge in [0.05, 0.1) is 35.5 Å². The van der Waals surface area contributed by atoms with E-state index >= 15 is 0 Å². The van der Waals surface area contributed by atoms with Gasteiger partial charge in [-0.1, -0.05) is 26.7 Å². The highest BCUT2D eigenvalue weighted by atomic mass is 16.4. The summed E-state index contributed by atoms with van der Waals surface area (Å²) in [7, 11) is 0. The van der Waals surface area contributed by atoms with E-state index in [1.165, 1.54) is 12.8 Å². The number of hydrogen-bond acceptors (Lipinski definition) is 3. The zero-order valence-corrected chi connectivity index (χ0v) is 13.3. The molecule has 2 fully saturated rings. The highest BCUT2D eigenvalue weighted by Crippen LogP contribution is 2.58. The Morgan fingerprint density at radius 3 is 2.50 bits per heavy atom. The predicted octanol–water partition coefficient (Wildman–Crippen LogP) is 2.60. The van der Waals surface area contributed by atoms with Gasteiger partial charge in [0.25, 0.3) is 0 Å². The standard InChI is InChI=1S/C16H23N3O3/c1-9-11(8-17-19(9)10-6-4-5-7-10)18-14(20)12-13(15(21)22)16(12,2)3/h8,10,12-13H,4-7H2,1-3H3,(H,18,20)(H,21,22)/t12-,13+/m0/s1. The molecule has 2 aliphatic carbocycles. The molecule has 2 aliphatic rings. The van der Waals surface area contributed by atoms with E-state index in [-0.39, 0.29) is 5.91 Å². The van der Waals surface area contributed by atoms with E-state index in [1.54, 1.807) is 6.20 Å². The van der Waals surface area contributed by atoms with Crippen LogP contribution in [0, 0.1) is 24.2 Å². The molecule has 3 rings (SSSR count). The number of aromatic nitrogens is 2. The lowest BCUT2D eigenvalue weighted by atomic mass is 10.1. The molecule has 6 heteroatoms. The van der Waals surface area contributed by atoms with Gasteiger partial charge in [0.2, 0.25) is 5.91 Å². The van der Waals surface area contributed by atoms with E-state index in [0.29, 0.717) is 11.7 Å². The average molecular weight is 305 g/mol. The monoisotopic (exact) mass is 305 g/mol. The second-order valence-corrected chi connectivity index (χ2v) is 7.13. The van der Waals surface area contributed by atoms with Crippen molar-refractivity contribution >= 4 is 17.6 Å². The lowest BCUT2D eigenvalue weighted by Crippen LogP contribution is -2.18. The molecule has 0 unspecified atom stereocenters. The smallest absolute Gasteiger partial charge is 0.307 e. The summed E-state index contributed by atoms with van der Waals surface area (Å²) in [6.45, 7) is 5.60. The fraction of sp³-hybridized carbons (Fsp3) is 0.688. The summed E-state index contributed by atoms with van der Waals surface area (Å²) >= 11 is 0. The van der Waals surface area contributed by atoms with Crippen molar-refractivity contribution in [2.75, 3.05) is 5.32 Å². The summed E-state index contributed by atoms with van der Waals surface area (Å²) < 4.78 is 2.00. The Balaban J connectivity index is 1.72. The second kappa shape index (κ2) is 5.11. The fourth-order valence-corrected chi connectivity index (χ4v) is 3.86. The molecule has 0 saturated heterocycles. The first kappa shape index (κ1) is 15.1. The highest BCUT2D eigenvalue weighted by molar-refractivity contribution is 5.99. The molecule has 1 heterocycles. The summed E-state index contributed by atoms with van der Waals surface area (Å²) in [5.74, 6) is -2.19. The topological polar surface area (TPSA) is 84.2 Å². The Morgan fingerprint density at radius 1 is 1.32 bits per heavy atom. The normalized spacial score (nSPS) is 26.9. The minimum Gasteiger partial charge on any atom is -0.481 e. The quantitative estimate of drug-likeness (QED) is 0.895. The highest BCUT2D eigenvalue weighted by Gasteiger charge is 2.65. The van der Waals surface area contributed by atoms with Crippen molar-refractivity contribution in [1.82, 2.24) is 9.78 Å². The van der Waals surface area contributed by atoms with Gasteiger partial charge in [0.15, 0.2) is 0 Å². The molecule has 0 spiro atoms. The van der Waals surface area contributed by atoms with E-state index in [0.717, 1.165) is 18.5 Å². The maximum Gasteiger partial charge on any atom is 0.307 e. The zero-order chi connectivity index (χ0) is 16.1. The lowest BCUT2D eigenvalue weighted by Gasteiger charge is -2.13. The van der Waals surface area contributed by atoms with Gasteiger partial charge in [-0.25, -0.2) is 0 Å². The third-order valence-electron chi connectivity index (χ3n) is 5.35. The van der Waals surface area contributed by atoms with Crippen LogP contribution >= 0.6 is 0 Å². The van der Waals surface area contributed by atoms with Gasteiger partial charge in [-0.05, 0) is 25.2 Å². The Hall–Kier alpha value is -1.85. The fourth-order valence-electron chi connectivity index (χ4n) is 3.86. The van der Waals surface area contributed by atoms with Crippen molar-refractivity contribution < 1.29 is 14.7 Å². The Bertz CT molecular complexity index is 614. The molecule has 1 aromatic rings. The van der Waals surface area contributed by atoms with Crippen LogP contribution in [0.2, 0.25) is 0 Å². The molecular weight excluding hydrogens is 282 g/mol. The predicted molar refractivity (Wildman–Crippen MR) is 81.5 cm³/mol. The summed E-state index contributed by atoms with van der Waals surface area (Å²) in [4.78, 5) is 23.6. The van der Waals surface area contributed by atoms with Gasteiger partial charge < -0.3 is 10.4 Å². The van der Waals surface area contributed by atoms with Crippen LogP contribution in [-0.2, 0) is 9.59 Å². The third kappa shape index (κ3) is 2.30. The molecule has 1 aromatic heterocycles. The van der Waals surface area contributed by atoms with Gasteiger partial charge in [0, 0.05) is 0 Å². The molecule has 1 amide bonds. The number of aliphatic carboxylic acids is 1. The minimum atomic E-state index is -0.900. The van der Waals surface area contributed by atoms with Crippen molar-refractivity contribution in [3.63, 3.8) is 0 Å².